The first-order valence-electron chi connectivity index (χ1n) is 12.1. The quantitative estimate of drug-likeness (QED) is 0.359. The first-order valence-corrected chi connectivity index (χ1v) is 13.7. The van der Waals surface area contributed by atoms with Crippen molar-refractivity contribution >= 4 is 40.4 Å². The van der Waals surface area contributed by atoms with Crippen LogP contribution in [0.1, 0.15) is 74.5 Å². The minimum absolute atomic E-state index is 0.0151. The summed E-state index contributed by atoms with van der Waals surface area (Å²) in [4.78, 5) is 19.7. The highest BCUT2D eigenvalue weighted by Gasteiger charge is 2.46. The number of hydrogen-bond acceptors (Lipinski definition) is 8. The average molecular weight is 587 g/mol. The summed E-state index contributed by atoms with van der Waals surface area (Å²) in [6, 6.07) is 3.33. The van der Waals surface area contributed by atoms with E-state index >= 15 is 0 Å². The van der Waals surface area contributed by atoms with E-state index in [0.717, 1.165) is 24.2 Å². The zero-order valence-electron chi connectivity index (χ0n) is 20.9. The predicted molar refractivity (Wildman–Crippen MR) is 138 cm³/mol. The fourth-order valence-corrected chi connectivity index (χ4v) is 5.88. The predicted octanol–water partition coefficient (Wildman–Crippen LogP) is 6.10. The number of halogens is 4. The first kappa shape index (κ1) is 27.4. The van der Waals surface area contributed by atoms with E-state index in [0.29, 0.717) is 16.0 Å². The lowest BCUT2D eigenvalue weighted by atomic mass is 9.93. The van der Waals surface area contributed by atoms with Gasteiger partial charge < -0.3 is 19.5 Å². The molecule has 1 aromatic carbocycles. The van der Waals surface area contributed by atoms with Crippen molar-refractivity contribution in [2.24, 2.45) is 5.41 Å². The molecule has 204 valence electrons. The van der Waals surface area contributed by atoms with Crippen molar-refractivity contribution in [1.82, 2.24) is 20.1 Å². The molecule has 0 spiro atoms. The molecule has 1 amide bonds. The van der Waals surface area contributed by atoms with Crippen LogP contribution < -0.4 is 0 Å². The second-order valence-electron chi connectivity index (χ2n) is 10.7. The van der Waals surface area contributed by atoms with Crippen LogP contribution in [0.25, 0.3) is 21.3 Å². The van der Waals surface area contributed by atoms with Gasteiger partial charge in [0.05, 0.1) is 21.0 Å². The van der Waals surface area contributed by atoms with E-state index < -0.39 is 36.4 Å². The van der Waals surface area contributed by atoms with Gasteiger partial charge in [-0.1, -0.05) is 42.3 Å². The Balaban J connectivity index is 1.58. The van der Waals surface area contributed by atoms with Gasteiger partial charge in [0, 0.05) is 37.1 Å². The lowest BCUT2D eigenvalue weighted by Crippen LogP contribution is -2.43. The Morgan fingerprint density at radius 2 is 1.82 bits per heavy atom. The zero-order chi connectivity index (χ0) is 27.6. The summed E-state index contributed by atoms with van der Waals surface area (Å²) in [5, 5.41) is 29.3. The van der Waals surface area contributed by atoms with Gasteiger partial charge >= 0.3 is 0 Å². The molecule has 13 heteroatoms. The van der Waals surface area contributed by atoms with Gasteiger partial charge in [-0.25, -0.2) is 13.8 Å². The number of benzene rings is 1. The molecule has 2 aromatic heterocycles. The van der Waals surface area contributed by atoms with Crippen molar-refractivity contribution in [3.63, 3.8) is 0 Å². The molecule has 1 aliphatic heterocycles. The number of piperidine rings is 1. The van der Waals surface area contributed by atoms with Crippen LogP contribution in [0.4, 0.5) is 8.78 Å². The Bertz CT molecular complexity index is 1390. The van der Waals surface area contributed by atoms with Crippen LogP contribution in [0.2, 0.25) is 10.0 Å². The number of aromatic nitrogens is 3. The number of nitrogens with zero attached hydrogens (tertiary/aromatic N) is 4. The number of carbonyl (C=O) groups excluding carboxylic acids is 1. The van der Waals surface area contributed by atoms with Crippen molar-refractivity contribution in [3.05, 3.63) is 39.3 Å². The van der Waals surface area contributed by atoms with E-state index in [1.165, 1.54) is 18.7 Å². The average Bonchev–Trinajstić information content (AvgIpc) is 3.23. The van der Waals surface area contributed by atoms with Crippen LogP contribution in [0.3, 0.4) is 0 Å². The third-order valence-corrected chi connectivity index (χ3v) is 9.07. The van der Waals surface area contributed by atoms with E-state index in [1.54, 1.807) is 12.1 Å². The molecule has 3 aromatic rings. The van der Waals surface area contributed by atoms with Crippen molar-refractivity contribution < 1.29 is 28.2 Å². The molecular weight excluding hydrogens is 561 g/mol. The molecular formula is C25H26Cl2F2N4O4S. The van der Waals surface area contributed by atoms with Gasteiger partial charge in [-0.15, -0.1) is 21.5 Å². The molecule has 1 atom stereocenters. The summed E-state index contributed by atoms with van der Waals surface area (Å²) < 4.78 is 33.1. The van der Waals surface area contributed by atoms with Crippen LogP contribution in [-0.2, 0) is 5.60 Å². The maximum atomic E-state index is 13.7. The summed E-state index contributed by atoms with van der Waals surface area (Å²) in [6.45, 7) is 4.69. The van der Waals surface area contributed by atoms with E-state index in [9.17, 15) is 23.8 Å². The number of aliphatic hydroxyl groups is 2. The Hall–Kier alpha value is -2.18. The van der Waals surface area contributed by atoms with Crippen molar-refractivity contribution in [3.8, 4) is 21.3 Å². The monoisotopic (exact) mass is 586 g/mol. The fraction of sp³-hybridized carbons (Fsp3) is 0.520. The molecule has 2 aliphatic rings. The number of thiazole rings is 1. The molecule has 1 aliphatic carbocycles. The lowest BCUT2D eigenvalue weighted by molar-refractivity contribution is -0.0494. The Morgan fingerprint density at radius 1 is 1.16 bits per heavy atom. The Labute approximate surface area is 231 Å². The molecule has 3 heterocycles. The van der Waals surface area contributed by atoms with Gasteiger partial charge in [-0.3, -0.25) is 4.79 Å². The first-order chi connectivity index (χ1) is 17.7. The maximum Gasteiger partial charge on any atom is 0.276 e. The van der Waals surface area contributed by atoms with Crippen LogP contribution in [0.5, 0.6) is 0 Å². The highest BCUT2D eigenvalue weighted by Crippen LogP contribution is 2.56. The third-order valence-electron chi connectivity index (χ3n) is 7.09. The molecule has 0 bridgehead atoms. The summed E-state index contributed by atoms with van der Waals surface area (Å²) >= 11 is 14.4. The van der Waals surface area contributed by atoms with Crippen LogP contribution in [-0.4, -0.2) is 55.2 Å². The van der Waals surface area contributed by atoms with E-state index in [-0.39, 0.29) is 51.0 Å². The normalized spacial score (nSPS) is 19.4. The van der Waals surface area contributed by atoms with Crippen LogP contribution in [0, 0.1) is 5.41 Å². The van der Waals surface area contributed by atoms with Crippen molar-refractivity contribution in [2.45, 2.75) is 64.1 Å². The van der Waals surface area contributed by atoms with Crippen molar-refractivity contribution in [1.29, 1.82) is 0 Å². The topological polar surface area (TPSA) is 113 Å². The minimum atomic E-state index is -2.82. The Morgan fingerprint density at radius 3 is 2.39 bits per heavy atom. The van der Waals surface area contributed by atoms with Gasteiger partial charge in [0.25, 0.3) is 17.7 Å². The molecule has 2 N–H and O–H groups in total. The Kier molecular flexibility index (Phi) is 6.83. The molecule has 1 saturated heterocycles. The molecule has 38 heavy (non-hydrogen) atoms. The summed E-state index contributed by atoms with van der Waals surface area (Å²) in [6.07, 6.45) is 0.0514. The molecule has 1 unspecified atom stereocenters. The number of likely N-dealkylation sites (tertiary alicyclic amines) is 1. The number of hydrogen-bond donors (Lipinski definition) is 2. The van der Waals surface area contributed by atoms with Crippen LogP contribution >= 0.6 is 34.5 Å². The lowest BCUT2D eigenvalue weighted by Gasteiger charge is -2.31. The number of carbonyl (C=O) groups is 1. The number of rotatable bonds is 6. The fourth-order valence-electron chi connectivity index (χ4n) is 4.28. The third kappa shape index (κ3) is 5.06. The SMILES string of the molecule is CC(C)(O)c1nnc(-c2nc(C(=O)N3CCC(F)(F)CC3)c(-c3ccc(C(O)C4(C)CC4)c(Cl)c3Cl)s2)o1. The van der Waals surface area contributed by atoms with Crippen molar-refractivity contribution in [2.75, 3.05) is 13.1 Å². The maximum absolute atomic E-state index is 13.7. The zero-order valence-corrected chi connectivity index (χ0v) is 23.2. The second kappa shape index (κ2) is 9.48. The molecule has 8 nitrogen and oxygen atoms in total. The molecule has 5 rings (SSSR count). The smallest absolute Gasteiger partial charge is 0.276 e. The standard InChI is InChI=1S/C25H26Cl2F2N4O4S/c1-23(2,36)22-32-31-19(37-22)20-30-16(21(35)33-10-8-25(28,29)9-11-33)17(38-20)12-4-5-13(15(27)14(12)26)18(34)24(3)6-7-24/h4-5,18,34,36H,6-11H2,1-3H3. The summed E-state index contributed by atoms with van der Waals surface area (Å²) in [7, 11) is 0. The highest BCUT2D eigenvalue weighted by atomic mass is 35.5. The molecule has 0 radical (unpaired) electrons. The van der Waals surface area contributed by atoms with Gasteiger partial charge in [0.2, 0.25) is 5.89 Å². The molecule has 2 fully saturated rings. The van der Waals surface area contributed by atoms with Gasteiger partial charge in [-0.05, 0) is 32.1 Å². The number of alkyl halides is 2. The largest absolute Gasteiger partial charge is 0.415 e. The van der Waals surface area contributed by atoms with Crippen LogP contribution in [0.15, 0.2) is 16.5 Å². The van der Waals surface area contributed by atoms with Gasteiger partial charge in [0.1, 0.15) is 11.3 Å². The highest BCUT2D eigenvalue weighted by molar-refractivity contribution is 7.18. The van der Waals surface area contributed by atoms with E-state index in [4.69, 9.17) is 27.6 Å². The van der Waals surface area contributed by atoms with Gasteiger partial charge in [-0.2, -0.15) is 0 Å². The number of aliphatic hydroxyl groups excluding tert-OH is 1. The van der Waals surface area contributed by atoms with Gasteiger partial charge in [0.15, 0.2) is 5.01 Å². The summed E-state index contributed by atoms with van der Waals surface area (Å²) in [5.74, 6) is -3.42. The number of amides is 1. The second-order valence-corrected chi connectivity index (χ2v) is 12.5. The minimum Gasteiger partial charge on any atom is -0.415 e. The summed E-state index contributed by atoms with van der Waals surface area (Å²) in [5.41, 5.74) is -0.791. The van der Waals surface area contributed by atoms with E-state index in [2.05, 4.69) is 15.2 Å². The molecule has 1 saturated carbocycles. The van der Waals surface area contributed by atoms with E-state index in [1.807, 2.05) is 6.92 Å².